The Bertz CT molecular complexity index is 1270. The van der Waals surface area contributed by atoms with Crippen molar-refractivity contribution >= 4 is 41.8 Å². The second-order valence-corrected chi connectivity index (χ2v) is 9.92. The third-order valence-corrected chi connectivity index (χ3v) is 9.02. The van der Waals surface area contributed by atoms with Crippen LogP contribution in [0.2, 0.25) is 0 Å². The minimum absolute atomic E-state index is 0.367. The van der Waals surface area contributed by atoms with Gasteiger partial charge in [-0.05, 0) is 36.0 Å². The highest BCUT2D eigenvalue weighted by Gasteiger charge is 2.52. The minimum Gasteiger partial charge on any atom is -0.371 e. The summed E-state index contributed by atoms with van der Waals surface area (Å²) in [5, 5.41) is 2.95. The fourth-order valence-electron chi connectivity index (χ4n) is 5.23. The van der Waals surface area contributed by atoms with Crippen LogP contribution in [0.1, 0.15) is 5.56 Å². The SMILES string of the molecule is c1ccc(P2B3c4cccc5c4-c4c(ccc[n+]4C5)N3c3ccccc32)cc1. The van der Waals surface area contributed by atoms with Crippen molar-refractivity contribution < 1.29 is 4.57 Å². The molecule has 4 heterocycles. The first-order valence-corrected chi connectivity index (χ1v) is 11.2. The third-order valence-electron chi connectivity index (χ3n) is 6.27. The number of para-hydroxylation sites is 1. The monoisotopic (exact) mass is 375 g/mol. The van der Waals surface area contributed by atoms with Crippen LogP contribution in [-0.4, -0.2) is 6.57 Å². The molecule has 28 heavy (non-hydrogen) atoms. The molecule has 1 unspecified atom stereocenters. The van der Waals surface area contributed by atoms with Crippen LogP contribution in [0.25, 0.3) is 11.3 Å². The van der Waals surface area contributed by atoms with Crippen LogP contribution in [0.4, 0.5) is 11.4 Å². The van der Waals surface area contributed by atoms with Gasteiger partial charge in [0, 0.05) is 17.3 Å². The Kier molecular flexibility index (Phi) is 2.87. The normalized spacial score (nSPS) is 17.4. The van der Waals surface area contributed by atoms with Gasteiger partial charge in [0.25, 0.3) is 0 Å². The summed E-state index contributed by atoms with van der Waals surface area (Å²) in [4.78, 5) is 2.62. The molecule has 0 spiro atoms. The van der Waals surface area contributed by atoms with Crippen molar-refractivity contribution in [2.45, 2.75) is 6.54 Å². The zero-order valence-electron chi connectivity index (χ0n) is 15.3. The standard InChI is InChI=1S/C24H17BN2P/c1-2-9-18(10-3-1)28-22-14-5-4-12-20(22)27-21-13-7-15-26-16-17-8-6-11-19(25(27)28)23(17)24(21)26/h1-15H,16H2/q+1. The first-order valence-electron chi connectivity index (χ1n) is 9.79. The summed E-state index contributed by atoms with van der Waals surface area (Å²) in [6.45, 7) is 1.35. The molecule has 0 radical (unpaired) electrons. The average molecular weight is 375 g/mol. The highest BCUT2D eigenvalue weighted by atomic mass is 31.1. The van der Waals surface area contributed by atoms with Crippen LogP contribution in [0.3, 0.4) is 0 Å². The summed E-state index contributed by atoms with van der Waals surface area (Å²) in [5.74, 6) is 0. The molecule has 130 valence electrons. The maximum atomic E-state index is 2.62. The summed E-state index contributed by atoms with van der Waals surface area (Å²) >= 11 is 0. The van der Waals surface area contributed by atoms with Crippen LogP contribution in [0.15, 0.2) is 91.1 Å². The lowest BCUT2D eigenvalue weighted by atomic mass is 9.70. The van der Waals surface area contributed by atoms with Crippen molar-refractivity contribution in [2.24, 2.45) is 0 Å². The number of hydrogen-bond acceptors (Lipinski definition) is 1. The van der Waals surface area contributed by atoms with Crippen molar-refractivity contribution in [3.63, 3.8) is 0 Å². The molecule has 0 amide bonds. The van der Waals surface area contributed by atoms with E-state index in [1.54, 1.807) is 0 Å². The molecule has 4 aromatic rings. The molecule has 3 aliphatic heterocycles. The number of nitrogens with zero attached hydrogens (tertiary/aromatic N) is 2. The number of fused-ring (bicyclic) bond motifs is 5. The lowest BCUT2D eigenvalue weighted by molar-refractivity contribution is -0.671. The molecule has 0 saturated heterocycles. The van der Waals surface area contributed by atoms with Gasteiger partial charge in [-0.2, -0.15) is 4.57 Å². The zero-order chi connectivity index (χ0) is 18.2. The third kappa shape index (κ3) is 1.76. The van der Waals surface area contributed by atoms with Crippen molar-refractivity contribution in [2.75, 3.05) is 4.81 Å². The van der Waals surface area contributed by atoms with E-state index in [9.17, 15) is 0 Å². The van der Waals surface area contributed by atoms with E-state index in [0.717, 1.165) is 6.54 Å². The molecule has 0 fully saturated rings. The van der Waals surface area contributed by atoms with Crippen molar-refractivity contribution in [1.29, 1.82) is 0 Å². The first kappa shape index (κ1) is 15.1. The molecule has 3 aliphatic rings. The Hall–Kier alpha value is -2.90. The summed E-state index contributed by atoms with van der Waals surface area (Å²) in [7, 11) is -0.497. The minimum atomic E-state index is -0.497. The molecule has 1 atom stereocenters. The Morgan fingerprint density at radius 3 is 2.54 bits per heavy atom. The van der Waals surface area contributed by atoms with Gasteiger partial charge in [0.05, 0.1) is 5.56 Å². The molecular weight excluding hydrogens is 358 g/mol. The van der Waals surface area contributed by atoms with Gasteiger partial charge in [-0.1, -0.05) is 66.7 Å². The van der Waals surface area contributed by atoms with Crippen LogP contribution < -0.4 is 25.4 Å². The van der Waals surface area contributed by atoms with Gasteiger partial charge in [0.1, 0.15) is 5.69 Å². The predicted octanol–water partition coefficient (Wildman–Crippen LogP) is 3.30. The van der Waals surface area contributed by atoms with E-state index >= 15 is 0 Å². The maximum Gasteiger partial charge on any atom is 0.333 e. The second-order valence-electron chi connectivity index (χ2n) is 7.69. The van der Waals surface area contributed by atoms with Gasteiger partial charge >= 0.3 is 6.57 Å². The van der Waals surface area contributed by atoms with Gasteiger partial charge in [-0.15, -0.1) is 0 Å². The lowest BCUT2D eigenvalue weighted by Crippen LogP contribution is -2.48. The van der Waals surface area contributed by atoms with Gasteiger partial charge in [-0.3, -0.25) is 0 Å². The van der Waals surface area contributed by atoms with Gasteiger partial charge in [0.2, 0.25) is 5.69 Å². The van der Waals surface area contributed by atoms with Crippen LogP contribution in [-0.2, 0) is 6.54 Å². The largest absolute Gasteiger partial charge is 0.371 e. The molecule has 1 aromatic heterocycles. The summed E-state index contributed by atoms with van der Waals surface area (Å²) in [6.07, 6.45) is 2.23. The number of benzene rings is 3. The first-order chi connectivity index (χ1) is 13.9. The van der Waals surface area contributed by atoms with E-state index in [2.05, 4.69) is 101 Å². The smallest absolute Gasteiger partial charge is 0.333 e. The molecule has 3 aromatic carbocycles. The Morgan fingerprint density at radius 1 is 0.786 bits per heavy atom. The Labute approximate surface area is 165 Å². The Balaban J connectivity index is 1.60. The number of aromatic nitrogens is 1. The summed E-state index contributed by atoms with van der Waals surface area (Å²) < 4.78 is 2.42. The molecule has 2 nitrogen and oxygen atoms in total. The topological polar surface area (TPSA) is 7.12 Å². The molecule has 4 heteroatoms. The molecular formula is C24H17BN2P+. The quantitative estimate of drug-likeness (QED) is 0.248. The number of rotatable bonds is 1. The molecule has 0 aliphatic carbocycles. The van der Waals surface area contributed by atoms with E-state index in [4.69, 9.17) is 0 Å². The molecule has 0 bridgehead atoms. The highest BCUT2D eigenvalue weighted by Crippen LogP contribution is 2.55. The number of hydrogen-bond donors (Lipinski definition) is 0. The van der Waals surface area contributed by atoms with E-state index in [-0.39, 0.29) is 0 Å². The number of pyridine rings is 1. The van der Waals surface area contributed by atoms with Crippen LogP contribution in [0.5, 0.6) is 0 Å². The van der Waals surface area contributed by atoms with E-state index in [0.29, 0.717) is 6.57 Å². The van der Waals surface area contributed by atoms with Crippen molar-refractivity contribution in [1.82, 2.24) is 0 Å². The van der Waals surface area contributed by atoms with E-state index in [1.165, 1.54) is 44.3 Å². The van der Waals surface area contributed by atoms with Gasteiger partial charge < -0.3 is 4.81 Å². The zero-order valence-corrected chi connectivity index (χ0v) is 16.2. The maximum absolute atomic E-state index is 2.62. The van der Waals surface area contributed by atoms with E-state index < -0.39 is 7.80 Å². The fraction of sp³-hybridized carbons (Fsp3) is 0.0417. The van der Waals surface area contributed by atoms with Gasteiger partial charge in [-0.25, -0.2) is 0 Å². The highest BCUT2D eigenvalue weighted by molar-refractivity contribution is 8.04. The second kappa shape index (κ2) is 5.34. The fourth-order valence-corrected chi connectivity index (χ4v) is 8.20. The Morgan fingerprint density at radius 2 is 1.61 bits per heavy atom. The predicted molar refractivity (Wildman–Crippen MR) is 118 cm³/mol. The summed E-state index contributed by atoms with van der Waals surface area (Å²) in [5.41, 5.74) is 8.56. The molecule has 7 rings (SSSR count). The average Bonchev–Trinajstić information content (AvgIpc) is 3.31. The van der Waals surface area contributed by atoms with Crippen LogP contribution >= 0.6 is 7.80 Å². The number of anilines is 2. The molecule has 0 N–H and O–H groups in total. The van der Waals surface area contributed by atoms with Crippen molar-refractivity contribution in [3.05, 3.63) is 96.7 Å². The van der Waals surface area contributed by atoms with Crippen molar-refractivity contribution in [3.8, 4) is 11.3 Å². The summed E-state index contributed by atoms with van der Waals surface area (Å²) in [6, 6.07) is 31.6. The van der Waals surface area contributed by atoms with E-state index in [1.807, 2.05) is 0 Å². The van der Waals surface area contributed by atoms with Gasteiger partial charge in [0.15, 0.2) is 12.7 Å². The molecule has 0 saturated carbocycles. The lowest BCUT2D eigenvalue weighted by Gasteiger charge is -2.32. The van der Waals surface area contributed by atoms with Crippen LogP contribution in [0, 0.1) is 0 Å².